The van der Waals surface area contributed by atoms with Crippen LogP contribution in [0.1, 0.15) is 84.6 Å². The van der Waals surface area contributed by atoms with E-state index in [0.29, 0.717) is 33.9 Å². The van der Waals surface area contributed by atoms with Crippen molar-refractivity contribution in [3.05, 3.63) is 75.9 Å². The van der Waals surface area contributed by atoms with E-state index < -0.39 is 11.9 Å². The van der Waals surface area contributed by atoms with Crippen LogP contribution in [0.25, 0.3) is 50.4 Å². The number of aryl methyl sites for hydroxylation is 3. The number of nitrogens with one attached hydrogen (secondary N) is 2. The minimum Gasteiger partial charge on any atom is -0.481 e. The third kappa shape index (κ3) is 5.56. The van der Waals surface area contributed by atoms with Crippen LogP contribution >= 0.6 is 0 Å². The van der Waals surface area contributed by atoms with E-state index in [2.05, 4.69) is 36.5 Å². The maximum atomic E-state index is 11.6. The van der Waals surface area contributed by atoms with Crippen LogP contribution < -0.4 is 0 Å². The summed E-state index contributed by atoms with van der Waals surface area (Å²) in [7, 11) is 0. The van der Waals surface area contributed by atoms with E-state index in [0.717, 1.165) is 61.9 Å². The number of allylic oxidation sites excluding steroid dienone is 3. The highest BCUT2D eigenvalue weighted by Crippen LogP contribution is 2.38. The summed E-state index contributed by atoms with van der Waals surface area (Å²) in [5, 5.41) is 29.4. The summed E-state index contributed by atoms with van der Waals surface area (Å²) in [6.45, 7) is 11.9. The van der Waals surface area contributed by atoms with Gasteiger partial charge in [0.25, 0.3) is 0 Å². The minimum absolute atomic E-state index is 0.0661. The molecule has 0 saturated carbocycles. The first-order valence-corrected chi connectivity index (χ1v) is 14.4. The highest BCUT2D eigenvalue weighted by Gasteiger charge is 2.24. The summed E-state index contributed by atoms with van der Waals surface area (Å²) in [6.07, 6.45) is 2.86. The van der Waals surface area contributed by atoms with Crippen LogP contribution in [-0.2, 0) is 16.0 Å². The topological polar surface area (TPSA) is 152 Å². The number of aliphatic hydroxyl groups excluding tert-OH is 1. The van der Waals surface area contributed by atoms with Gasteiger partial charge in [0.1, 0.15) is 0 Å². The van der Waals surface area contributed by atoms with E-state index in [-0.39, 0.29) is 32.3 Å². The van der Waals surface area contributed by atoms with E-state index >= 15 is 0 Å². The second-order valence-corrected chi connectivity index (χ2v) is 11.0. The number of fused-ring (bicyclic) bond motifs is 8. The summed E-state index contributed by atoms with van der Waals surface area (Å²) in [6, 6.07) is 7.74. The Morgan fingerprint density at radius 1 is 0.767 bits per heavy atom. The first-order valence-electron chi connectivity index (χ1n) is 14.4. The van der Waals surface area contributed by atoms with E-state index in [1.54, 1.807) is 6.07 Å². The Balaban J connectivity index is 1.94. The fourth-order valence-corrected chi connectivity index (χ4v) is 6.06. The summed E-state index contributed by atoms with van der Waals surface area (Å²) in [5.74, 6) is -1.86. The molecule has 0 radical (unpaired) electrons. The molecule has 8 bridgehead atoms. The standard InChI is InChI=1S/C34H36N4O5/c1-6-20-17(3)25-12-26-19(5)22(8-10-33(40)41)30(37-26)15-31-23(9-11-34(42)43)24(16-39)32(38-31)14-29-21(7-2)18(4)27(36-29)13-28(20)35-25/h6,12-15,35-36,39H,1,7-11,16H2,2-5H3,(H,40,41)(H,42,43). The second kappa shape index (κ2) is 11.9. The summed E-state index contributed by atoms with van der Waals surface area (Å²) in [4.78, 5) is 40.0. The van der Waals surface area contributed by atoms with Gasteiger partial charge in [0.15, 0.2) is 0 Å². The molecule has 0 fully saturated rings. The molecule has 5 heterocycles. The normalized spacial score (nSPS) is 13.1. The first-order chi connectivity index (χ1) is 20.6. The lowest BCUT2D eigenvalue weighted by molar-refractivity contribution is -0.137. The van der Waals surface area contributed by atoms with Gasteiger partial charge in [-0.3, -0.25) is 9.59 Å². The molecule has 9 heteroatoms. The van der Waals surface area contributed by atoms with Crippen molar-refractivity contribution >= 4 is 62.4 Å². The molecular weight excluding hydrogens is 544 g/mol. The van der Waals surface area contributed by atoms with E-state index in [1.165, 1.54) is 0 Å². The van der Waals surface area contributed by atoms with E-state index in [1.807, 2.05) is 32.1 Å². The van der Waals surface area contributed by atoms with E-state index in [9.17, 15) is 24.9 Å². The first kappa shape index (κ1) is 29.7. The molecule has 5 N–H and O–H groups in total. The summed E-state index contributed by atoms with van der Waals surface area (Å²) >= 11 is 0. The van der Waals surface area contributed by atoms with Crippen LogP contribution in [0.2, 0.25) is 0 Å². The molecule has 0 aliphatic carbocycles. The van der Waals surface area contributed by atoms with Gasteiger partial charge in [0, 0.05) is 46.0 Å². The number of carbonyl (C=O) groups is 2. The Hall–Kier alpha value is -4.76. The fourth-order valence-electron chi connectivity index (χ4n) is 6.06. The molecule has 2 aliphatic rings. The Morgan fingerprint density at radius 3 is 1.95 bits per heavy atom. The molecule has 0 aromatic carbocycles. The van der Waals surface area contributed by atoms with Crippen molar-refractivity contribution in [3.8, 4) is 0 Å². The van der Waals surface area contributed by atoms with Gasteiger partial charge in [-0.15, -0.1) is 0 Å². The third-order valence-corrected chi connectivity index (χ3v) is 8.45. The number of carboxylic acid groups (broad SMARTS) is 2. The number of aromatic amines is 2. The molecule has 3 aromatic heterocycles. The number of nitrogens with zero attached hydrogens (tertiary/aromatic N) is 2. The van der Waals surface area contributed by atoms with Gasteiger partial charge in [-0.05, 0) is 97.7 Å². The van der Waals surface area contributed by atoms with Crippen LogP contribution in [0.5, 0.6) is 0 Å². The van der Waals surface area contributed by atoms with Crippen LogP contribution in [-0.4, -0.2) is 53.8 Å². The zero-order valence-corrected chi connectivity index (χ0v) is 24.9. The SMILES string of the molecule is C=Cc1c(C)c2cc3nc(cc4nc(cc5[nH]c(cc1[nH]2)c(C)c5CC)C(CO)=C4CCC(=O)O)C(CCC(=O)O)=C3C. The van der Waals surface area contributed by atoms with Crippen molar-refractivity contribution in [3.63, 3.8) is 0 Å². The number of hydrogen-bond donors (Lipinski definition) is 5. The predicted octanol–water partition coefficient (Wildman–Crippen LogP) is 6.70. The summed E-state index contributed by atoms with van der Waals surface area (Å²) in [5.41, 5.74) is 13.0. The van der Waals surface area contributed by atoms with Crippen molar-refractivity contribution < 1.29 is 24.9 Å². The van der Waals surface area contributed by atoms with Gasteiger partial charge >= 0.3 is 11.9 Å². The van der Waals surface area contributed by atoms with Gasteiger partial charge in [-0.2, -0.15) is 0 Å². The molecule has 2 aliphatic heterocycles. The van der Waals surface area contributed by atoms with Crippen LogP contribution in [0.4, 0.5) is 0 Å². The maximum Gasteiger partial charge on any atom is 0.303 e. The highest BCUT2D eigenvalue weighted by atomic mass is 16.4. The van der Waals surface area contributed by atoms with Crippen molar-refractivity contribution in [2.24, 2.45) is 0 Å². The van der Waals surface area contributed by atoms with Crippen molar-refractivity contribution in [2.75, 3.05) is 6.61 Å². The molecule has 0 amide bonds. The summed E-state index contributed by atoms with van der Waals surface area (Å²) < 4.78 is 0. The molecule has 0 unspecified atom stereocenters. The lowest BCUT2D eigenvalue weighted by Crippen LogP contribution is -1.98. The number of aliphatic carboxylic acids is 2. The quantitative estimate of drug-likeness (QED) is 0.189. The number of aromatic nitrogens is 4. The lowest BCUT2D eigenvalue weighted by Gasteiger charge is -2.06. The largest absolute Gasteiger partial charge is 0.481 e. The zero-order valence-electron chi connectivity index (χ0n) is 24.9. The molecular formula is C34H36N4O5. The van der Waals surface area contributed by atoms with Gasteiger partial charge in [0.2, 0.25) is 0 Å². The Kier molecular flexibility index (Phi) is 8.19. The third-order valence-electron chi connectivity index (χ3n) is 8.45. The Bertz CT molecular complexity index is 1900. The molecule has 9 nitrogen and oxygen atoms in total. The maximum absolute atomic E-state index is 11.6. The number of H-pyrrole nitrogens is 2. The Morgan fingerprint density at radius 2 is 1.33 bits per heavy atom. The molecule has 0 spiro atoms. The molecule has 222 valence electrons. The van der Waals surface area contributed by atoms with Crippen molar-refractivity contribution in [2.45, 2.75) is 59.8 Å². The lowest BCUT2D eigenvalue weighted by atomic mass is 9.98. The minimum atomic E-state index is -0.950. The number of rotatable bonds is 9. The Labute approximate surface area is 249 Å². The highest BCUT2D eigenvalue weighted by molar-refractivity contribution is 5.97. The van der Waals surface area contributed by atoms with Crippen molar-refractivity contribution in [1.29, 1.82) is 0 Å². The van der Waals surface area contributed by atoms with Gasteiger partial charge in [-0.25, -0.2) is 9.97 Å². The van der Waals surface area contributed by atoms with Gasteiger partial charge in [0.05, 0.1) is 29.4 Å². The second-order valence-electron chi connectivity index (χ2n) is 11.0. The molecule has 0 saturated heterocycles. The zero-order chi connectivity index (χ0) is 31.0. The van der Waals surface area contributed by atoms with E-state index in [4.69, 9.17) is 9.97 Å². The average molecular weight is 581 g/mol. The monoisotopic (exact) mass is 580 g/mol. The molecule has 0 atom stereocenters. The van der Waals surface area contributed by atoms with Crippen LogP contribution in [0.15, 0.2) is 30.8 Å². The molecule has 43 heavy (non-hydrogen) atoms. The fraction of sp³-hybridized carbons (Fsp3) is 0.294. The predicted molar refractivity (Wildman–Crippen MR) is 170 cm³/mol. The van der Waals surface area contributed by atoms with Crippen LogP contribution in [0.3, 0.4) is 0 Å². The number of aliphatic hydroxyl groups is 1. The van der Waals surface area contributed by atoms with Crippen molar-refractivity contribution in [1.82, 2.24) is 19.9 Å². The average Bonchev–Trinajstić information content (AvgIpc) is 3.63. The number of carboxylic acids is 2. The number of hydrogen-bond acceptors (Lipinski definition) is 5. The molecule has 3 aromatic rings. The van der Waals surface area contributed by atoms with Gasteiger partial charge < -0.3 is 25.3 Å². The molecule has 5 rings (SSSR count). The smallest absolute Gasteiger partial charge is 0.303 e. The van der Waals surface area contributed by atoms with Gasteiger partial charge in [-0.1, -0.05) is 19.6 Å². The van der Waals surface area contributed by atoms with Crippen LogP contribution in [0, 0.1) is 13.8 Å².